The van der Waals surface area contributed by atoms with E-state index in [0.717, 1.165) is 5.56 Å². The highest BCUT2D eigenvalue weighted by Gasteiger charge is 2.36. The second-order valence-corrected chi connectivity index (χ2v) is 4.85. The topological polar surface area (TPSA) is 60.8 Å². The van der Waals surface area contributed by atoms with Crippen molar-refractivity contribution in [3.8, 4) is 0 Å². The Morgan fingerprint density at radius 1 is 1.39 bits per heavy atom. The van der Waals surface area contributed by atoms with Gasteiger partial charge in [0, 0.05) is 18.9 Å². The number of benzene rings is 1. The summed E-state index contributed by atoms with van der Waals surface area (Å²) >= 11 is 0. The van der Waals surface area contributed by atoms with Gasteiger partial charge >= 0.3 is 0 Å². The minimum absolute atomic E-state index is 0.00888. The third kappa shape index (κ3) is 2.54. The first kappa shape index (κ1) is 13.1. The summed E-state index contributed by atoms with van der Waals surface area (Å²) < 4.78 is 0. The zero-order chi connectivity index (χ0) is 13.1. The standard InChI is InChI=1S/C14H19NO3/c1-10(11-5-3-2-4-6-11)15-8-12(7-14(15)18)13(17)9-16/h2-6,10,12-13,16-17H,7-9H2,1H3/t10-,12-,13+/m1/s1. The maximum atomic E-state index is 12.0. The summed E-state index contributed by atoms with van der Waals surface area (Å²) in [5.74, 6) is -0.113. The lowest BCUT2D eigenvalue weighted by Gasteiger charge is -2.25. The summed E-state index contributed by atoms with van der Waals surface area (Å²) in [4.78, 5) is 13.7. The Balaban J connectivity index is 2.08. The van der Waals surface area contributed by atoms with Crippen molar-refractivity contribution in [3.63, 3.8) is 0 Å². The van der Waals surface area contributed by atoms with E-state index >= 15 is 0 Å². The average Bonchev–Trinajstić information content (AvgIpc) is 2.80. The van der Waals surface area contributed by atoms with Gasteiger partial charge in [-0.15, -0.1) is 0 Å². The first-order valence-corrected chi connectivity index (χ1v) is 6.26. The molecule has 0 spiro atoms. The van der Waals surface area contributed by atoms with E-state index in [-0.39, 0.29) is 24.5 Å². The molecule has 4 heteroatoms. The Hall–Kier alpha value is -1.39. The van der Waals surface area contributed by atoms with Crippen molar-refractivity contribution in [2.24, 2.45) is 5.92 Å². The Bertz CT molecular complexity index is 407. The van der Waals surface area contributed by atoms with E-state index in [2.05, 4.69) is 0 Å². The number of amides is 1. The molecule has 1 fully saturated rings. The molecule has 0 unspecified atom stereocenters. The third-order valence-electron chi connectivity index (χ3n) is 3.67. The van der Waals surface area contributed by atoms with E-state index < -0.39 is 6.10 Å². The van der Waals surface area contributed by atoms with Gasteiger partial charge in [-0.1, -0.05) is 30.3 Å². The molecule has 98 valence electrons. The van der Waals surface area contributed by atoms with Gasteiger partial charge in [0.05, 0.1) is 18.8 Å². The summed E-state index contributed by atoms with van der Waals surface area (Å²) in [5, 5.41) is 18.6. The minimum atomic E-state index is -0.804. The molecule has 1 heterocycles. The van der Waals surface area contributed by atoms with E-state index in [1.165, 1.54) is 0 Å². The molecule has 1 aromatic carbocycles. The predicted molar refractivity (Wildman–Crippen MR) is 67.8 cm³/mol. The lowest BCUT2D eigenvalue weighted by Crippen LogP contribution is -2.31. The van der Waals surface area contributed by atoms with Crippen molar-refractivity contribution in [2.45, 2.75) is 25.5 Å². The lowest BCUT2D eigenvalue weighted by molar-refractivity contribution is -0.129. The molecule has 1 aromatic rings. The van der Waals surface area contributed by atoms with Gasteiger partial charge in [-0.3, -0.25) is 4.79 Å². The van der Waals surface area contributed by atoms with Gasteiger partial charge < -0.3 is 15.1 Å². The lowest BCUT2D eigenvalue weighted by atomic mass is 10.0. The number of hydrogen-bond acceptors (Lipinski definition) is 3. The van der Waals surface area contributed by atoms with Gasteiger partial charge in [-0.2, -0.15) is 0 Å². The van der Waals surface area contributed by atoms with Crippen molar-refractivity contribution in [1.29, 1.82) is 0 Å². The summed E-state index contributed by atoms with van der Waals surface area (Å²) in [7, 11) is 0. The van der Waals surface area contributed by atoms with Gasteiger partial charge in [0.15, 0.2) is 0 Å². The van der Waals surface area contributed by atoms with E-state index in [9.17, 15) is 9.90 Å². The summed E-state index contributed by atoms with van der Waals surface area (Å²) in [5.41, 5.74) is 1.09. The SMILES string of the molecule is C[C@H](c1ccccc1)N1C[C@H]([C@@H](O)CO)CC1=O. The quantitative estimate of drug-likeness (QED) is 0.835. The highest BCUT2D eigenvalue weighted by molar-refractivity contribution is 5.79. The van der Waals surface area contributed by atoms with Gasteiger partial charge in [-0.05, 0) is 12.5 Å². The maximum absolute atomic E-state index is 12.0. The highest BCUT2D eigenvalue weighted by Crippen LogP contribution is 2.29. The first-order valence-electron chi connectivity index (χ1n) is 6.26. The smallest absolute Gasteiger partial charge is 0.223 e. The van der Waals surface area contributed by atoms with Crippen LogP contribution in [-0.2, 0) is 4.79 Å². The number of likely N-dealkylation sites (tertiary alicyclic amines) is 1. The molecule has 4 nitrogen and oxygen atoms in total. The molecule has 0 aromatic heterocycles. The number of aliphatic hydroxyl groups is 2. The molecule has 18 heavy (non-hydrogen) atoms. The number of rotatable bonds is 4. The minimum Gasteiger partial charge on any atom is -0.394 e. The summed E-state index contributed by atoms with van der Waals surface area (Å²) in [6.07, 6.45) is -0.485. The van der Waals surface area contributed by atoms with Gasteiger partial charge in [0.2, 0.25) is 5.91 Å². The van der Waals surface area contributed by atoms with E-state index in [4.69, 9.17) is 5.11 Å². The third-order valence-corrected chi connectivity index (χ3v) is 3.67. The van der Waals surface area contributed by atoms with Crippen LogP contribution >= 0.6 is 0 Å². The first-order chi connectivity index (χ1) is 8.63. The Kier molecular flexibility index (Phi) is 3.99. The molecule has 2 rings (SSSR count). The molecule has 0 radical (unpaired) electrons. The Labute approximate surface area is 107 Å². The highest BCUT2D eigenvalue weighted by atomic mass is 16.3. The van der Waals surface area contributed by atoms with Gasteiger partial charge in [0.1, 0.15) is 0 Å². The van der Waals surface area contributed by atoms with Crippen LogP contribution in [0.5, 0.6) is 0 Å². The van der Waals surface area contributed by atoms with Crippen molar-refractivity contribution < 1.29 is 15.0 Å². The van der Waals surface area contributed by atoms with Crippen LogP contribution in [0.1, 0.15) is 24.9 Å². The average molecular weight is 249 g/mol. The summed E-state index contributed by atoms with van der Waals surface area (Å²) in [6, 6.07) is 9.84. The molecular formula is C14H19NO3. The zero-order valence-corrected chi connectivity index (χ0v) is 10.5. The summed E-state index contributed by atoms with van der Waals surface area (Å²) in [6.45, 7) is 2.21. The number of carbonyl (C=O) groups is 1. The molecule has 0 saturated carbocycles. The number of carbonyl (C=O) groups excluding carboxylic acids is 1. The number of nitrogens with zero attached hydrogens (tertiary/aromatic N) is 1. The van der Waals surface area contributed by atoms with Crippen LogP contribution in [0.25, 0.3) is 0 Å². The fourth-order valence-electron chi connectivity index (χ4n) is 2.45. The second-order valence-electron chi connectivity index (χ2n) is 4.85. The fraction of sp³-hybridized carbons (Fsp3) is 0.500. The van der Waals surface area contributed by atoms with Crippen LogP contribution < -0.4 is 0 Å². The number of hydrogen-bond donors (Lipinski definition) is 2. The van der Waals surface area contributed by atoms with Crippen LogP contribution in [-0.4, -0.2) is 40.3 Å². The van der Waals surface area contributed by atoms with Crippen LogP contribution in [0.2, 0.25) is 0 Å². The van der Waals surface area contributed by atoms with E-state index in [0.29, 0.717) is 13.0 Å². The fourth-order valence-corrected chi connectivity index (χ4v) is 2.45. The van der Waals surface area contributed by atoms with Crippen molar-refractivity contribution >= 4 is 5.91 Å². The molecule has 1 saturated heterocycles. The van der Waals surface area contributed by atoms with Crippen molar-refractivity contribution in [3.05, 3.63) is 35.9 Å². The molecule has 2 N–H and O–H groups in total. The second kappa shape index (κ2) is 5.50. The molecular weight excluding hydrogens is 230 g/mol. The monoisotopic (exact) mass is 249 g/mol. The van der Waals surface area contributed by atoms with E-state index in [1.54, 1.807) is 4.90 Å². The normalized spacial score (nSPS) is 23.2. The van der Waals surface area contributed by atoms with Crippen molar-refractivity contribution in [2.75, 3.05) is 13.2 Å². The molecule has 0 aliphatic carbocycles. The van der Waals surface area contributed by atoms with Crippen LogP contribution in [0, 0.1) is 5.92 Å². The Morgan fingerprint density at radius 3 is 2.67 bits per heavy atom. The van der Waals surface area contributed by atoms with Gasteiger partial charge in [0.25, 0.3) is 0 Å². The van der Waals surface area contributed by atoms with Gasteiger partial charge in [-0.25, -0.2) is 0 Å². The number of aliphatic hydroxyl groups excluding tert-OH is 2. The maximum Gasteiger partial charge on any atom is 0.223 e. The molecule has 1 amide bonds. The Morgan fingerprint density at radius 2 is 2.06 bits per heavy atom. The zero-order valence-electron chi connectivity index (χ0n) is 10.5. The molecule has 0 bridgehead atoms. The van der Waals surface area contributed by atoms with Crippen molar-refractivity contribution in [1.82, 2.24) is 4.90 Å². The van der Waals surface area contributed by atoms with E-state index in [1.807, 2.05) is 37.3 Å². The molecule has 3 atom stereocenters. The molecule has 1 aliphatic rings. The van der Waals surface area contributed by atoms with Crippen LogP contribution in [0.15, 0.2) is 30.3 Å². The molecule has 1 aliphatic heterocycles. The van der Waals surface area contributed by atoms with Crippen LogP contribution in [0.4, 0.5) is 0 Å². The van der Waals surface area contributed by atoms with Crippen LogP contribution in [0.3, 0.4) is 0 Å². The largest absolute Gasteiger partial charge is 0.394 e. The predicted octanol–water partition coefficient (Wildman–Crippen LogP) is 0.949.